The highest BCUT2D eigenvalue weighted by molar-refractivity contribution is 5.93. The number of rotatable bonds is 7. The number of hydrogen-bond acceptors (Lipinski definition) is 4. The van der Waals surface area contributed by atoms with Crippen molar-refractivity contribution in [2.24, 2.45) is 11.7 Å². The minimum Gasteiger partial charge on any atom is -0.465 e. The second kappa shape index (κ2) is 11.1. The summed E-state index contributed by atoms with van der Waals surface area (Å²) in [6.45, 7) is 3.96. The number of benzene rings is 2. The lowest BCUT2D eigenvalue weighted by atomic mass is 9.83. The summed E-state index contributed by atoms with van der Waals surface area (Å²) in [7, 11) is 1.62. The van der Waals surface area contributed by atoms with Gasteiger partial charge < -0.3 is 21.1 Å². The summed E-state index contributed by atoms with van der Waals surface area (Å²) in [4.78, 5) is 30.2. The molecule has 4 rings (SSSR count). The molecule has 7 heteroatoms. The Bertz CT molecular complexity index is 1230. The van der Waals surface area contributed by atoms with Crippen LogP contribution in [0.25, 0.3) is 22.4 Å². The van der Waals surface area contributed by atoms with Gasteiger partial charge >= 0.3 is 6.09 Å². The number of nitrogens with two attached hydrogens (primary N) is 1. The van der Waals surface area contributed by atoms with E-state index >= 15 is 0 Å². The van der Waals surface area contributed by atoms with Gasteiger partial charge in [0.1, 0.15) is 0 Å². The van der Waals surface area contributed by atoms with Crippen LogP contribution in [0.4, 0.5) is 10.5 Å². The number of pyridine rings is 1. The fraction of sp³-hybridized carbons (Fsp3) is 0.367. The Hall–Kier alpha value is -3.71. The first-order valence-electron chi connectivity index (χ1n) is 12.8. The third-order valence-corrected chi connectivity index (χ3v) is 7.30. The van der Waals surface area contributed by atoms with E-state index in [2.05, 4.69) is 5.32 Å². The summed E-state index contributed by atoms with van der Waals surface area (Å²) in [5.74, 6) is 0.211. The van der Waals surface area contributed by atoms with Gasteiger partial charge in [-0.15, -0.1) is 0 Å². The van der Waals surface area contributed by atoms with Gasteiger partial charge in [0, 0.05) is 36.2 Å². The molecule has 0 radical (unpaired) electrons. The Morgan fingerprint density at radius 2 is 1.68 bits per heavy atom. The average molecular weight is 501 g/mol. The molecule has 4 N–H and O–H groups in total. The van der Waals surface area contributed by atoms with E-state index in [0.717, 1.165) is 53.6 Å². The van der Waals surface area contributed by atoms with Gasteiger partial charge in [-0.05, 0) is 62.6 Å². The summed E-state index contributed by atoms with van der Waals surface area (Å²) in [6.07, 6.45) is 4.49. The van der Waals surface area contributed by atoms with Crippen LogP contribution in [0.15, 0.2) is 66.9 Å². The maximum Gasteiger partial charge on any atom is 0.407 e. The third kappa shape index (κ3) is 6.54. The zero-order chi connectivity index (χ0) is 26.6. The van der Waals surface area contributed by atoms with Crippen LogP contribution in [-0.2, 0) is 10.3 Å². The molecule has 0 saturated heterocycles. The van der Waals surface area contributed by atoms with Gasteiger partial charge in [0.25, 0.3) is 0 Å². The SMILES string of the molecule is CN(C(=O)O)[C@H]1CC[C@H](CC(=O)Nc2cnc(-c3ccc(C(C)(C)N)cc3)c(-c3ccccc3)c2)CC1. The molecule has 1 aromatic heterocycles. The Labute approximate surface area is 218 Å². The molecular formula is C30H36N4O3. The number of amides is 2. The molecule has 1 fully saturated rings. The molecule has 0 atom stereocenters. The van der Waals surface area contributed by atoms with Crippen LogP contribution in [0.1, 0.15) is 51.5 Å². The van der Waals surface area contributed by atoms with E-state index in [-0.39, 0.29) is 17.9 Å². The minimum absolute atomic E-state index is 0.0342. The van der Waals surface area contributed by atoms with Crippen molar-refractivity contribution >= 4 is 17.7 Å². The van der Waals surface area contributed by atoms with E-state index in [1.165, 1.54) is 4.90 Å². The van der Waals surface area contributed by atoms with E-state index < -0.39 is 11.6 Å². The van der Waals surface area contributed by atoms with Gasteiger partial charge in [-0.2, -0.15) is 0 Å². The van der Waals surface area contributed by atoms with Crippen molar-refractivity contribution in [3.8, 4) is 22.4 Å². The van der Waals surface area contributed by atoms with E-state index in [1.807, 2.05) is 74.5 Å². The predicted octanol–water partition coefficient (Wildman–Crippen LogP) is 6.11. The van der Waals surface area contributed by atoms with Crippen molar-refractivity contribution in [2.75, 3.05) is 12.4 Å². The second-order valence-corrected chi connectivity index (χ2v) is 10.6. The molecule has 37 heavy (non-hydrogen) atoms. The molecule has 0 bridgehead atoms. The summed E-state index contributed by atoms with van der Waals surface area (Å²) in [5, 5.41) is 12.2. The average Bonchev–Trinajstić information content (AvgIpc) is 2.88. The number of carboxylic acid groups (broad SMARTS) is 1. The Balaban J connectivity index is 1.49. The van der Waals surface area contributed by atoms with Gasteiger partial charge in [0.2, 0.25) is 5.91 Å². The number of hydrogen-bond donors (Lipinski definition) is 3. The van der Waals surface area contributed by atoms with Gasteiger partial charge in [-0.25, -0.2) is 4.79 Å². The summed E-state index contributed by atoms with van der Waals surface area (Å²) in [5.41, 5.74) is 11.3. The van der Waals surface area contributed by atoms with Gasteiger partial charge in [0.05, 0.1) is 17.6 Å². The van der Waals surface area contributed by atoms with E-state index in [0.29, 0.717) is 12.1 Å². The smallest absolute Gasteiger partial charge is 0.407 e. The second-order valence-electron chi connectivity index (χ2n) is 10.6. The monoisotopic (exact) mass is 500 g/mol. The highest BCUT2D eigenvalue weighted by atomic mass is 16.4. The molecule has 1 aliphatic carbocycles. The number of carbonyl (C=O) groups is 2. The lowest BCUT2D eigenvalue weighted by Gasteiger charge is -2.32. The lowest BCUT2D eigenvalue weighted by Crippen LogP contribution is -2.38. The molecule has 7 nitrogen and oxygen atoms in total. The van der Waals surface area contributed by atoms with Crippen LogP contribution < -0.4 is 11.1 Å². The van der Waals surface area contributed by atoms with Gasteiger partial charge in [-0.1, -0.05) is 54.6 Å². The largest absolute Gasteiger partial charge is 0.465 e. The van der Waals surface area contributed by atoms with Crippen molar-refractivity contribution in [1.82, 2.24) is 9.88 Å². The molecule has 0 spiro atoms. The summed E-state index contributed by atoms with van der Waals surface area (Å²) >= 11 is 0. The lowest BCUT2D eigenvalue weighted by molar-refractivity contribution is -0.117. The van der Waals surface area contributed by atoms with Crippen LogP contribution in [0.3, 0.4) is 0 Å². The van der Waals surface area contributed by atoms with Crippen molar-refractivity contribution in [3.63, 3.8) is 0 Å². The van der Waals surface area contributed by atoms with Crippen molar-refractivity contribution < 1.29 is 14.7 Å². The van der Waals surface area contributed by atoms with E-state index in [9.17, 15) is 14.7 Å². The molecule has 1 aliphatic rings. The Morgan fingerprint density at radius 1 is 1.03 bits per heavy atom. The predicted molar refractivity (Wildman–Crippen MR) is 147 cm³/mol. The first-order chi connectivity index (χ1) is 17.6. The maximum atomic E-state index is 12.9. The van der Waals surface area contributed by atoms with Crippen molar-refractivity contribution in [1.29, 1.82) is 0 Å². The number of nitrogens with one attached hydrogen (secondary N) is 1. The van der Waals surface area contributed by atoms with Crippen LogP contribution >= 0.6 is 0 Å². The number of aromatic nitrogens is 1. The first kappa shape index (κ1) is 26.4. The molecule has 2 amide bonds. The molecular weight excluding hydrogens is 464 g/mol. The normalized spacial score (nSPS) is 17.7. The minimum atomic E-state index is -0.898. The van der Waals surface area contributed by atoms with Crippen molar-refractivity contribution in [3.05, 3.63) is 72.4 Å². The van der Waals surface area contributed by atoms with Crippen LogP contribution in [0.5, 0.6) is 0 Å². The molecule has 1 saturated carbocycles. The zero-order valence-electron chi connectivity index (χ0n) is 21.8. The Morgan fingerprint density at radius 3 is 2.27 bits per heavy atom. The maximum absolute atomic E-state index is 12.9. The molecule has 194 valence electrons. The standard InChI is InChI=1S/C30H36N4O3/c1-30(2,31)23-13-11-22(12-14-23)28-26(21-7-5-4-6-8-21)18-24(19-32-28)33-27(35)17-20-9-15-25(16-10-20)34(3)29(36)37/h4-8,11-14,18-20,25H,9-10,15-17,31H2,1-3H3,(H,33,35)(H,36,37)/t20-,25-. The zero-order valence-corrected chi connectivity index (χ0v) is 21.8. The molecule has 1 heterocycles. The molecule has 0 unspecified atom stereocenters. The molecule has 3 aromatic rings. The van der Waals surface area contributed by atoms with Gasteiger partial charge in [0.15, 0.2) is 0 Å². The van der Waals surface area contributed by atoms with Gasteiger partial charge in [-0.3, -0.25) is 9.78 Å². The fourth-order valence-electron chi connectivity index (χ4n) is 5.03. The quantitative estimate of drug-likeness (QED) is 0.363. The topological polar surface area (TPSA) is 109 Å². The summed E-state index contributed by atoms with van der Waals surface area (Å²) in [6, 6.07) is 20.2. The van der Waals surface area contributed by atoms with E-state index in [4.69, 9.17) is 10.7 Å². The Kier molecular flexibility index (Phi) is 7.93. The van der Waals surface area contributed by atoms with E-state index in [1.54, 1.807) is 13.2 Å². The number of nitrogens with zero attached hydrogens (tertiary/aromatic N) is 2. The third-order valence-electron chi connectivity index (χ3n) is 7.30. The van der Waals surface area contributed by atoms with Crippen molar-refractivity contribution in [2.45, 2.75) is 57.5 Å². The van der Waals surface area contributed by atoms with Crippen LogP contribution in [0, 0.1) is 5.92 Å². The van der Waals surface area contributed by atoms with Crippen LogP contribution in [0.2, 0.25) is 0 Å². The molecule has 2 aromatic carbocycles. The number of carbonyl (C=O) groups excluding carboxylic acids is 1. The highest BCUT2D eigenvalue weighted by Gasteiger charge is 2.27. The van der Waals surface area contributed by atoms with Crippen LogP contribution in [-0.4, -0.2) is 40.1 Å². The number of anilines is 1. The molecule has 0 aliphatic heterocycles. The first-order valence-corrected chi connectivity index (χ1v) is 12.8. The highest BCUT2D eigenvalue weighted by Crippen LogP contribution is 2.34. The summed E-state index contributed by atoms with van der Waals surface area (Å²) < 4.78 is 0. The fourth-order valence-corrected chi connectivity index (χ4v) is 5.03.